The molecule has 2 nitrogen and oxygen atoms in total. The van der Waals surface area contributed by atoms with E-state index in [2.05, 4.69) is 205 Å². The Bertz CT molecular complexity index is 3760. The summed E-state index contributed by atoms with van der Waals surface area (Å²) in [5, 5.41) is 17.3. The summed E-state index contributed by atoms with van der Waals surface area (Å²) < 4.78 is 9.05. The maximum Gasteiger partial charge on any atom is 0.136 e. The first kappa shape index (κ1) is 31.5. The van der Waals surface area contributed by atoms with E-state index in [4.69, 9.17) is 4.42 Å². The van der Waals surface area contributed by atoms with Crippen LogP contribution in [0.3, 0.4) is 0 Å². The summed E-state index contributed by atoms with van der Waals surface area (Å²) in [6, 6.07) is 73.2. The van der Waals surface area contributed by atoms with Gasteiger partial charge in [0.25, 0.3) is 0 Å². The molecule has 0 N–H and O–H groups in total. The standard InChI is InChI=1S/C56H33NO/c1-2-14-36(15-3-1)57-49-25-13-12-19-40(49)47-32-34(26-29-50(47)57)53-42-21-8-10-23-44(42)54(45-24-11-9-22-43(45)53)35-27-30-51-48(33-35)56-52(58-51)31-28-46-39-18-5-4-16-37(39)38-17-6-7-20-41(38)55(46)56/h1-33H. The molecule has 0 aliphatic carbocycles. The summed E-state index contributed by atoms with van der Waals surface area (Å²) in [6.07, 6.45) is 0. The largest absolute Gasteiger partial charge is 0.456 e. The van der Waals surface area contributed by atoms with Gasteiger partial charge in [-0.2, -0.15) is 0 Å². The third-order valence-corrected chi connectivity index (χ3v) is 12.5. The lowest BCUT2D eigenvalue weighted by Crippen LogP contribution is -1.93. The molecule has 0 saturated carbocycles. The van der Waals surface area contributed by atoms with Crippen LogP contribution >= 0.6 is 0 Å². The Morgan fingerprint density at radius 1 is 0.276 bits per heavy atom. The Hall–Kier alpha value is -7.68. The van der Waals surface area contributed by atoms with Crippen LogP contribution in [0, 0.1) is 0 Å². The maximum atomic E-state index is 6.66. The molecule has 13 aromatic rings. The van der Waals surface area contributed by atoms with Crippen LogP contribution in [0.4, 0.5) is 0 Å². The summed E-state index contributed by atoms with van der Waals surface area (Å²) in [5.74, 6) is 0. The van der Waals surface area contributed by atoms with E-state index < -0.39 is 0 Å². The van der Waals surface area contributed by atoms with Gasteiger partial charge in [0.2, 0.25) is 0 Å². The van der Waals surface area contributed by atoms with Crippen molar-refractivity contribution in [2.75, 3.05) is 0 Å². The molecule has 2 heteroatoms. The minimum Gasteiger partial charge on any atom is -0.456 e. The second-order valence-electron chi connectivity index (χ2n) is 15.5. The van der Waals surface area contributed by atoms with Crippen LogP contribution in [0.15, 0.2) is 205 Å². The van der Waals surface area contributed by atoms with E-state index in [1.165, 1.54) is 109 Å². The van der Waals surface area contributed by atoms with Crippen molar-refractivity contribution < 1.29 is 4.42 Å². The van der Waals surface area contributed by atoms with E-state index in [1.807, 2.05) is 0 Å². The lowest BCUT2D eigenvalue weighted by atomic mass is 9.85. The van der Waals surface area contributed by atoms with Crippen molar-refractivity contribution in [3.8, 4) is 27.9 Å². The lowest BCUT2D eigenvalue weighted by molar-refractivity contribution is 0.669. The summed E-state index contributed by atoms with van der Waals surface area (Å²) in [7, 11) is 0. The van der Waals surface area contributed by atoms with Crippen molar-refractivity contribution in [2.24, 2.45) is 0 Å². The van der Waals surface area contributed by atoms with Crippen LogP contribution < -0.4 is 0 Å². The molecule has 0 aliphatic rings. The first-order valence-corrected chi connectivity index (χ1v) is 20.0. The third kappa shape index (κ3) is 4.32. The van der Waals surface area contributed by atoms with Gasteiger partial charge in [-0.3, -0.25) is 0 Å². The van der Waals surface area contributed by atoms with Crippen LogP contribution in [0.5, 0.6) is 0 Å². The average Bonchev–Trinajstić information content (AvgIpc) is 3.83. The van der Waals surface area contributed by atoms with E-state index in [0.29, 0.717) is 0 Å². The van der Waals surface area contributed by atoms with Crippen LogP contribution in [-0.4, -0.2) is 4.57 Å². The average molecular weight is 736 g/mol. The van der Waals surface area contributed by atoms with Crippen molar-refractivity contribution in [3.63, 3.8) is 0 Å². The lowest BCUT2D eigenvalue weighted by Gasteiger charge is -2.18. The molecule has 2 aromatic heterocycles. The molecule has 0 radical (unpaired) electrons. The highest BCUT2D eigenvalue weighted by atomic mass is 16.3. The minimum atomic E-state index is 0.900. The number of furan rings is 1. The van der Waals surface area contributed by atoms with Crippen molar-refractivity contribution in [2.45, 2.75) is 0 Å². The van der Waals surface area contributed by atoms with Gasteiger partial charge in [0.15, 0.2) is 0 Å². The van der Waals surface area contributed by atoms with Gasteiger partial charge in [-0.15, -0.1) is 0 Å². The zero-order valence-electron chi connectivity index (χ0n) is 31.4. The highest BCUT2D eigenvalue weighted by Crippen LogP contribution is 2.47. The summed E-state index contributed by atoms with van der Waals surface area (Å²) in [6.45, 7) is 0. The molecule has 13 rings (SSSR count). The van der Waals surface area contributed by atoms with Crippen LogP contribution in [0.2, 0.25) is 0 Å². The smallest absolute Gasteiger partial charge is 0.136 e. The second kappa shape index (κ2) is 11.9. The van der Waals surface area contributed by atoms with Gasteiger partial charge in [0, 0.05) is 32.6 Å². The molecule has 268 valence electrons. The molecule has 0 spiro atoms. The zero-order chi connectivity index (χ0) is 37.9. The van der Waals surface area contributed by atoms with Crippen molar-refractivity contribution in [3.05, 3.63) is 200 Å². The van der Waals surface area contributed by atoms with Gasteiger partial charge < -0.3 is 8.98 Å². The van der Waals surface area contributed by atoms with E-state index in [0.717, 1.165) is 16.6 Å². The first-order valence-electron chi connectivity index (χ1n) is 20.0. The van der Waals surface area contributed by atoms with Gasteiger partial charge in [-0.1, -0.05) is 146 Å². The number of rotatable bonds is 3. The molecule has 0 unspecified atom stereocenters. The SMILES string of the molecule is c1ccc(-n2c3ccccc3c3cc(-c4c5ccccc5c(-c5ccc6oc7ccc8c9ccccc9c9ccccc9c8c7c6c5)c5ccccc45)ccc32)cc1. The number of para-hydroxylation sites is 2. The number of aromatic nitrogens is 1. The predicted octanol–water partition coefficient (Wildman–Crippen LogP) is 15.8. The minimum absolute atomic E-state index is 0.900. The predicted molar refractivity (Wildman–Crippen MR) is 246 cm³/mol. The normalized spacial score (nSPS) is 12.1. The molecule has 58 heavy (non-hydrogen) atoms. The van der Waals surface area contributed by atoms with E-state index >= 15 is 0 Å². The molecule has 0 amide bonds. The Balaban J connectivity index is 1.09. The van der Waals surface area contributed by atoms with Crippen LogP contribution in [0.1, 0.15) is 0 Å². The molecular weight excluding hydrogens is 703 g/mol. The van der Waals surface area contributed by atoms with Gasteiger partial charge in [0.05, 0.1) is 11.0 Å². The van der Waals surface area contributed by atoms with Crippen LogP contribution in [0.25, 0.3) is 126 Å². The van der Waals surface area contributed by atoms with Crippen molar-refractivity contribution in [1.29, 1.82) is 0 Å². The number of hydrogen-bond acceptors (Lipinski definition) is 1. The zero-order valence-corrected chi connectivity index (χ0v) is 31.4. The Labute approximate surface area is 333 Å². The molecule has 0 atom stereocenters. The van der Waals surface area contributed by atoms with Crippen molar-refractivity contribution >= 4 is 97.6 Å². The number of fused-ring (bicyclic) bond motifs is 15. The number of benzene rings is 11. The molecular formula is C56H33NO. The van der Waals surface area contributed by atoms with E-state index in [9.17, 15) is 0 Å². The fourth-order valence-electron chi connectivity index (χ4n) is 10.2. The number of hydrogen-bond donors (Lipinski definition) is 0. The molecule has 0 saturated heterocycles. The summed E-state index contributed by atoms with van der Waals surface area (Å²) >= 11 is 0. The summed E-state index contributed by atoms with van der Waals surface area (Å²) in [4.78, 5) is 0. The van der Waals surface area contributed by atoms with E-state index in [1.54, 1.807) is 0 Å². The topological polar surface area (TPSA) is 18.1 Å². The van der Waals surface area contributed by atoms with Gasteiger partial charge in [-0.05, 0) is 125 Å². The molecule has 0 aliphatic heterocycles. The number of nitrogens with zero attached hydrogens (tertiary/aromatic N) is 1. The third-order valence-electron chi connectivity index (χ3n) is 12.5. The molecule has 0 fully saturated rings. The first-order chi connectivity index (χ1) is 28.8. The highest BCUT2D eigenvalue weighted by Gasteiger charge is 2.21. The summed E-state index contributed by atoms with van der Waals surface area (Å²) in [5.41, 5.74) is 10.3. The van der Waals surface area contributed by atoms with Gasteiger partial charge in [-0.25, -0.2) is 0 Å². The van der Waals surface area contributed by atoms with Gasteiger partial charge >= 0.3 is 0 Å². The monoisotopic (exact) mass is 735 g/mol. The van der Waals surface area contributed by atoms with E-state index in [-0.39, 0.29) is 0 Å². The second-order valence-corrected chi connectivity index (χ2v) is 15.5. The Kier molecular flexibility index (Phi) is 6.47. The maximum absolute atomic E-state index is 6.66. The molecule has 11 aromatic carbocycles. The Morgan fingerprint density at radius 3 is 1.36 bits per heavy atom. The van der Waals surface area contributed by atoms with Crippen molar-refractivity contribution in [1.82, 2.24) is 4.57 Å². The molecule has 0 bridgehead atoms. The Morgan fingerprint density at radius 2 is 0.724 bits per heavy atom. The fourth-order valence-corrected chi connectivity index (χ4v) is 10.2. The highest BCUT2D eigenvalue weighted by molar-refractivity contribution is 6.35. The van der Waals surface area contributed by atoms with Crippen LogP contribution in [-0.2, 0) is 0 Å². The van der Waals surface area contributed by atoms with Gasteiger partial charge in [0.1, 0.15) is 11.2 Å². The molecule has 2 heterocycles. The fraction of sp³-hybridized carbons (Fsp3) is 0. The quantitative estimate of drug-likeness (QED) is 0.131.